The molecule has 0 saturated heterocycles. The van der Waals surface area contributed by atoms with Crippen LogP contribution in [0.2, 0.25) is 5.02 Å². The molecule has 1 N–H and O–H groups in total. The standard InChI is InChI=1S/C23H22ClNO4/c1-3-27-18-9-11-20(12-10-18)29-19-7-5-17(6-8-19)25-23(26)15-28-22-14-16(2)4-13-21(22)24/h4-14H,3,15H2,1-2H3,(H,25,26). The lowest BCUT2D eigenvalue weighted by molar-refractivity contribution is -0.118. The molecule has 3 aromatic rings. The second kappa shape index (κ2) is 9.85. The molecule has 3 rings (SSSR count). The first-order valence-electron chi connectivity index (χ1n) is 9.23. The van der Waals surface area contributed by atoms with Crippen molar-refractivity contribution in [2.24, 2.45) is 0 Å². The summed E-state index contributed by atoms with van der Waals surface area (Å²) in [5.74, 6) is 2.37. The molecule has 0 heterocycles. The third-order valence-corrected chi connectivity index (χ3v) is 4.27. The highest BCUT2D eigenvalue weighted by Crippen LogP contribution is 2.26. The van der Waals surface area contributed by atoms with Crippen molar-refractivity contribution in [1.82, 2.24) is 0 Å². The van der Waals surface area contributed by atoms with Crippen LogP contribution in [-0.2, 0) is 4.79 Å². The lowest BCUT2D eigenvalue weighted by Crippen LogP contribution is -2.20. The Morgan fingerprint density at radius 2 is 1.52 bits per heavy atom. The molecule has 0 aliphatic heterocycles. The van der Waals surface area contributed by atoms with Gasteiger partial charge in [-0.05, 0) is 80.1 Å². The highest BCUT2D eigenvalue weighted by Gasteiger charge is 2.07. The van der Waals surface area contributed by atoms with Gasteiger partial charge in [0, 0.05) is 5.69 Å². The molecule has 0 aliphatic carbocycles. The van der Waals surface area contributed by atoms with Gasteiger partial charge >= 0.3 is 0 Å². The number of anilines is 1. The van der Waals surface area contributed by atoms with Crippen LogP contribution in [0, 0.1) is 6.92 Å². The summed E-state index contributed by atoms with van der Waals surface area (Å²) in [5.41, 5.74) is 1.65. The van der Waals surface area contributed by atoms with Gasteiger partial charge in [-0.2, -0.15) is 0 Å². The van der Waals surface area contributed by atoms with Crippen molar-refractivity contribution in [3.05, 3.63) is 77.3 Å². The summed E-state index contributed by atoms with van der Waals surface area (Å²) in [4.78, 5) is 12.1. The molecule has 5 nitrogen and oxygen atoms in total. The third-order valence-electron chi connectivity index (χ3n) is 3.95. The maximum Gasteiger partial charge on any atom is 0.262 e. The molecular weight excluding hydrogens is 390 g/mol. The number of ether oxygens (including phenoxy) is 3. The minimum atomic E-state index is -0.275. The van der Waals surface area contributed by atoms with Crippen molar-refractivity contribution in [3.63, 3.8) is 0 Å². The van der Waals surface area contributed by atoms with Crippen LogP contribution in [-0.4, -0.2) is 19.1 Å². The molecule has 0 unspecified atom stereocenters. The topological polar surface area (TPSA) is 56.8 Å². The number of carbonyl (C=O) groups is 1. The predicted octanol–water partition coefficient (Wildman–Crippen LogP) is 5.86. The molecule has 150 valence electrons. The summed E-state index contributed by atoms with van der Waals surface area (Å²) in [7, 11) is 0. The molecule has 0 saturated carbocycles. The van der Waals surface area contributed by atoms with Gasteiger partial charge in [0.05, 0.1) is 11.6 Å². The lowest BCUT2D eigenvalue weighted by atomic mass is 10.2. The van der Waals surface area contributed by atoms with E-state index < -0.39 is 0 Å². The zero-order chi connectivity index (χ0) is 20.6. The van der Waals surface area contributed by atoms with Crippen molar-refractivity contribution in [3.8, 4) is 23.0 Å². The molecule has 0 aromatic heterocycles. The van der Waals surface area contributed by atoms with Crippen LogP contribution in [0.4, 0.5) is 5.69 Å². The average molecular weight is 412 g/mol. The first kappa shape index (κ1) is 20.6. The molecular formula is C23H22ClNO4. The Balaban J connectivity index is 1.51. The summed E-state index contributed by atoms with van der Waals surface area (Å²) in [6.07, 6.45) is 0. The highest BCUT2D eigenvalue weighted by molar-refractivity contribution is 6.32. The molecule has 0 fully saturated rings. The number of halogens is 1. The number of aryl methyl sites for hydroxylation is 1. The van der Waals surface area contributed by atoms with Crippen LogP contribution in [0.5, 0.6) is 23.0 Å². The molecule has 0 atom stereocenters. The molecule has 0 radical (unpaired) electrons. The van der Waals surface area contributed by atoms with E-state index in [-0.39, 0.29) is 12.5 Å². The first-order chi connectivity index (χ1) is 14.0. The van der Waals surface area contributed by atoms with Crippen LogP contribution in [0.1, 0.15) is 12.5 Å². The summed E-state index contributed by atoms with van der Waals surface area (Å²) in [6.45, 7) is 4.36. The van der Waals surface area contributed by atoms with Crippen LogP contribution >= 0.6 is 11.6 Å². The van der Waals surface area contributed by atoms with E-state index in [1.165, 1.54) is 0 Å². The summed E-state index contributed by atoms with van der Waals surface area (Å²) < 4.78 is 16.7. The third kappa shape index (κ3) is 6.16. The maximum absolute atomic E-state index is 12.1. The fourth-order valence-corrected chi connectivity index (χ4v) is 2.75. The maximum atomic E-state index is 12.1. The largest absolute Gasteiger partial charge is 0.494 e. The lowest BCUT2D eigenvalue weighted by Gasteiger charge is -2.10. The monoisotopic (exact) mass is 411 g/mol. The Morgan fingerprint density at radius 1 is 0.897 bits per heavy atom. The second-order valence-electron chi connectivity index (χ2n) is 6.30. The molecule has 0 bridgehead atoms. The van der Waals surface area contributed by atoms with Gasteiger partial charge in [0.25, 0.3) is 5.91 Å². The molecule has 29 heavy (non-hydrogen) atoms. The van der Waals surface area contributed by atoms with Crippen molar-refractivity contribution < 1.29 is 19.0 Å². The van der Waals surface area contributed by atoms with Crippen LogP contribution in [0.25, 0.3) is 0 Å². The van der Waals surface area contributed by atoms with Gasteiger partial charge in [-0.3, -0.25) is 4.79 Å². The van der Waals surface area contributed by atoms with Gasteiger partial charge in [0.1, 0.15) is 23.0 Å². The Labute approximate surface area is 175 Å². The number of amides is 1. The van der Waals surface area contributed by atoms with Crippen LogP contribution in [0.15, 0.2) is 66.7 Å². The number of carbonyl (C=O) groups excluding carboxylic acids is 1. The van der Waals surface area contributed by atoms with Crippen molar-refractivity contribution in [2.75, 3.05) is 18.5 Å². The number of nitrogens with one attached hydrogen (secondary N) is 1. The average Bonchev–Trinajstić information content (AvgIpc) is 2.72. The number of hydrogen-bond donors (Lipinski definition) is 1. The van der Waals surface area contributed by atoms with Crippen LogP contribution in [0.3, 0.4) is 0 Å². The fraction of sp³-hybridized carbons (Fsp3) is 0.174. The van der Waals surface area contributed by atoms with Gasteiger partial charge in [0.15, 0.2) is 6.61 Å². The van der Waals surface area contributed by atoms with Crippen LogP contribution < -0.4 is 19.5 Å². The van der Waals surface area contributed by atoms with Gasteiger partial charge in [0.2, 0.25) is 0 Å². The first-order valence-corrected chi connectivity index (χ1v) is 9.61. The molecule has 1 amide bonds. The van der Waals surface area contributed by atoms with Crippen molar-refractivity contribution >= 4 is 23.2 Å². The van der Waals surface area contributed by atoms with E-state index in [2.05, 4.69) is 5.32 Å². The minimum absolute atomic E-state index is 0.131. The number of hydrogen-bond acceptors (Lipinski definition) is 4. The van der Waals surface area contributed by atoms with E-state index in [9.17, 15) is 4.79 Å². The second-order valence-corrected chi connectivity index (χ2v) is 6.71. The smallest absolute Gasteiger partial charge is 0.262 e. The number of benzene rings is 3. The van der Waals surface area contributed by atoms with E-state index >= 15 is 0 Å². The van der Waals surface area contributed by atoms with Crippen molar-refractivity contribution in [2.45, 2.75) is 13.8 Å². The minimum Gasteiger partial charge on any atom is -0.494 e. The van der Waals surface area contributed by atoms with Gasteiger partial charge in [-0.15, -0.1) is 0 Å². The summed E-state index contributed by atoms with van der Waals surface area (Å²) >= 11 is 6.07. The Hall–Kier alpha value is -3.18. The Bertz CT molecular complexity index is 956. The molecule has 0 aliphatic rings. The van der Waals surface area contributed by atoms with E-state index in [0.29, 0.717) is 34.6 Å². The zero-order valence-electron chi connectivity index (χ0n) is 16.3. The number of rotatable bonds is 8. The molecule has 6 heteroatoms. The normalized spacial score (nSPS) is 10.3. The van der Waals surface area contributed by atoms with Gasteiger partial charge < -0.3 is 19.5 Å². The fourth-order valence-electron chi connectivity index (χ4n) is 2.57. The highest BCUT2D eigenvalue weighted by atomic mass is 35.5. The SMILES string of the molecule is CCOc1ccc(Oc2ccc(NC(=O)COc3cc(C)ccc3Cl)cc2)cc1. The summed E-state index contributed by atoms with van der Waals surface area (Å²) in [6, 6.07) is 19.9. The van der Waals surface area contributed by atoms with E-state index in [1.54, 1.807) is 36.4 Å². The van der Waals surface area contributed by atoms with Gasteiger partial charge in [-0.1, -0.05) is 17.7 Å². The van der Waals surface area contributed by atoms with E-state index in [1.807, 2.05) is 44.2 Å². The molecule has 0 spiro atoms. The van der Waals surface area contributed by atoms with E-state index in [4.69, 9.17) is 25.8 Å². The zero-order valence-corrected chi connectivity index (χ0v) is 17.0. The van der Waals surface area contributed by atoms with Crippen molar-refractivity contribution in [1.29, 1.82) is 0 Å². The quantitative estimate of drug-likeness (QED) is 0.504. The molecule has 3 aromatic carbocycles. The Kier molecular flexibility index (Phi) is 6.98. The summed E-state index contributed by atoms with van der Waals surface area (Å²) in [5, 5.41) is 3.25. The predicted molar refractivity (Wildman–Crippen MR) is 114 cm³/mol. The van der Waals surface area contributed by atoms with Gasteiger partial charge in [-0.25, -0.2) is 0 Å². The van der Waals surface area contributed by atoms with E-state index in [0.717, 1.165) is 11.3 Å². The Morgan fingerprint density at radius 3 is 2.17 bits per heavy atom.